The van der Waals surface area contributed by atoms with Gasteiger partial charge in [0.2, 0.25) is 5.95 Å². The summed E-state index contributed by atoms with van der Waals surface area (Å²) in [5, 5.41) is 11.5. The number of hydrogen-bond acceptors (Lipinski definition) is 5. The Labute approximate surface area is 149 Å². The van der Waals surface area contributed by atoms with E-state index in [-0.39, 0.29) is 0 Å². The van der Waals surface area contributed by atoms with Crippen molar-refractivity contribution in [3.05, 3.63) is 70.3 Å². The molecule has 5 nitrogen and oxygen atoms in total. The summed E-state index contributed by atoms with van der Waals surface area (Å²) in [6, 6.07) is 16.3. The van der Waals surface area contributed by atoms with Crippen LogP contribution in [0.3, 0.4) is 0 Å². The predicted octanol–water partition coefficient (Wildman–Crippen LogP) is 4.32. The molecule has 0 amide bonds. The SMILES string of the molecule is Cc1cc(Nc2cnnc(N(C)Cc3ccccc3)n2)ccc1Br. The number of rotatable bonds is 5. The van der Waals surface area contributed by atoms with E-state index in [1.807, 2.05) is 49.2 Å². The van der Waals surface area contributed by atoms with Crippen molar-refractivity contribution in [1.82, 2.24) is 15.2 Å². The van der Waals surface area contributed by atoms with Crippen molar-refractivity contribution >= 4 is 33.4 Å². The van der Waals surface area contributed by atoms with E-state index in [1.54, 1.807) is 6.20 Å². The minimum absolute atomic E-state index is 0.581. The zero-order valence-electron chi connectivity index (χ0n) is 13.6. The minimum Gasteiger partial charge on any atom is -0.339 e. The van der Waals surface area contributed by atoms with Crippen molar-refractivity contribution in [2.45, 2.75) is 13.5 Å². The number of aryl methyl sites for hydroxylation is 1. The number of nitrogens with one attached hydrogen (secondary N) is 1. The minimum atomic E-state index is 0.581. The second-order valence-corrected chi connectivity index (χ2v) is 6.43. The molecule has 0 unspecified atom stereocenters. The van der Waals surface area contributed by atoms with Crippen LogP contribution < -0.4 is 10.2 Å². The maximum atomic E-state index is 4.55. The number of benzene rings is 2. The molecular weight excluding hydrogens is 366 g/mol. The van der Waals surface area contributed by atoms with Crippen LogP contribution in [0.25, 0.3) is 0 Å². The molecule has 0 atom stereocenters. The van der Waals surface area contributed by atoms with E-state index in [0.29, 0.717) is 11.8 Å². The van der Waals surface area contributed by atoms with Gasteiger partial charge in [-0.05, 0) is 36.2 Å². The summed E-state index contributed by atoms with van der Waals surface area (Å²) in [6.45, 7) is 2.77. The summed E-state index contributed by atoms with van der Waals surface area (Å²) in [4.78, 5) is 6.52. The summed E-state index contributed by atoms with van der Waals surface area (Å²) in [7, 11) is 1.96. The van der Waals surface area contributed by atoms with Gasteiger partial charge in [0.25, 0.3) is 0 Å². The molecule has 0 fully saturated rings. The third-order valence-corrected chi connectivity index (χ3v) is 4.47. The fraction of sp³-hybridized carbons (Fsp3) is 0.167. The molecule has 0 bridgehead atoms. The summed E-state index contributed by atoms with van der Waals surface area (Å²) in [5.74, 6) is 1.25. The monoisotopic (exact) mass is 383 g/mol. The molecular formula is C18H18BrN5. The van der Waals surface area contributed by atoms with Crippen LogP contribution in [0.5, 0.6) is 0 Å². The van der Waals surface area contributed by atoms with Gasteiger partial charge in [0.05, 0.1) is 6.20 Å². The van der Waals surface area contributed by atoms with E-state index < -0.39 is 0 Å². The summed E-state index contributed by atoms with van der Waals surface area (Å²) in [6.07, 6.45) is 1.62. The summed E-state index contributed by atoms with van der Waals surface area (Å²) < 4.78 is 1.08. The fourth-order valence-corrected chi connectivity index (χ4v) is 2.56. The van der Waals surface area contributed by atoms with E-state index in [9.17, 15) is 0 Å². The predicted molar refractivity (Wildman–Crippen MR) is 101 cm³/mol. The normalized spacial score (nSPS) is 10.5. The quantitative estimate of drug-likeness (QED) is 0.710. The number of halogens is 1. The van der Waals surface area contributed by atoms with Gasteiger partial charge in [-0.3, -0.25) is 0 Å². The van der Waals surface area contributed by atoms with Crippen LogP contribution in [0.15, 0.2) is 59.2 Å². The van der Waals surface area contributed by atoms with Gasteiger partial charge in [0.15, 0.2) is 5.82 Å². The van der Waals surface area contributed by atoms with Crippen molar-refractivity contribution in [2.75, 3.05) is 17.3 Å². The van der Waals surface area contributed by atoms with Gasteiger partial charge in [0, 0.05) is 23.8 Å². The average Bonchev–Trinajstić information content (AvgIpc) is 2.59. The second kappa shape index (κ2) is 7.40. The Morgan fingerprint density at radius 3 is 2.67 bits per heavy atom. The molecule has 0 spiro atoms. The van der Waals surface area contributed by atoms with Crippen molar-refractivity contribution in [2.24, 2.45) is 0 Å². The molecule has 0 saturated heterocycles. The molecule has 1 N–H and O–H groups in total. The lowest BCUT2D eigenvalue weighted by atomic mass is 10.2. The topological polar surface area (TPSA) is 53.9 Å². The van der Waals surface area contributed by atoms with Crippen molar-refractivity contribution in [3.63, 3.8) is 0 Å². The highest BCUT2D eigenvalue weighted by Crippen LogP contribution is 2.22. The van der Waals surface area contributed by atoms with E-state index in [2.05, 4.69) is 54.6 Å². The van der Waals surface area contributed by atoms with Gasteiger partial charge in [-0.25, -0.2) is 0 Å². The maximum absolute atomic E-state index is 4.55. The Hall–Kier alpha value is -2.47. The van der Waals surface area contributed by atoms with Crippen LogP contribution in [0, 0.1) is 6.92 Å². The molecule has 1 aromatic heterocycles. The zero-order chi connectivity index (χ0) is 16.9. The average molecular weight is 384 g/mol. The first-order valence-electron chi connectivity index (χ1n) is 7.60. The van der Waals surface area contributed by atoms with Crippen molar-refractivity contribution in [3.8, 4) is 0 Å². The Morgan fingerprint density at radius 1 is 1.12 bits per heavy atom. The largest absolute Gasteiger partial charge is 0.339 e. The molecule has 24 heavy (non-hydrogen) atoms. The molecule has 0 aliphatic carbocycles. The van der Waals surface area contributed by atoms with Crippen LogP contribution in [0.4, 0.5) is 17.5 Å². The Morgan fingerprint density at radius 2 is 1.92 bits per heavy atom. The molecule has 3 rings (SSSR count). The molecule has 0 radical (unpaired) electrons. The Balaban J connectivity index is 1.74. The van der Waals surface area contributed by atoms with Gasteiger partial charge < -0.3 is 10.2 Å². The van der Waals surface area contributed by atoms with E-state index in [4.69, 9.17) is 0 Å². The first kappa shape index (κ1) is 16.4. The molecule has 0 aliphatic rings. The van der Waals surface area contributed by atoms with Gasteiger partial charge in [0.1, 0.15) is 0 Å². The first-order chi connectivity index (χ1) is 11.6. The van der Waals surface area contributed by atoms with Crippen LogP contribution in [0.2, 0.25) is 0 Å². The van der Waals surface area contributed by atoms with E-state index in [1.165, 1.54) is 5.56 Å². The Kier molecular flexibility index (Phi) is 5.05. The zero-order valence-corrected chi connectivity index (χ0v) is 15.2. The smallest absolute Gasteiger partial charge is 0.247 e. The molecule has 1 heterocycles. The van der Waals surface area contributed by atoms with Gasteiger partial charge >= 0.3 is 0 Å². The molecule has 2 aromatic carbocycles. The molecule has 6 heteroatoms. The van der Waals surface area contributed by atoms with Gasteiger partial charge in [-0.15, -0.1) is 5.10 Å². The fourth-order valence-electron chi connectivity index (χ4n) is 2.31. The number of hydrogen-bond donors (Lipinski definition) is 1. The van der Waals surface area contributed by atoms with Crippen molar-refractivity contribution < 1.29 is 0 Å². The van der Waals surface area contributed by atoms with E-state index in [0.717, 1.165) is 22.3 Å². The third kappa shape index (κ3) is 4.08. The summed E-state index contributed by atoms with van der Waals surface area (Å²) in [5.41, 5.74) is 3.32. The molecule has 122 valence electrons. The third-order valence-electron chi connectivity index (χ3n) is 3.58. The van der Waals surface area contributed by atoms with Crippen LogP contribution in [-0.2, 0) is 6.54 Å². The van der Waals surface area contributed by atoms with Gasteiger partial charge in [-0.2, -0.15) is 10.1 Å². The number of anilines is 3. The molecule has 3 aromatic rings. The molecule has 0 saturated carbocycles. The van der Waals surface area contributed by atoms with Crippen LogP contribution in [-0.4, -0.2) is 22.2 Å². The lowest BCUT2D eigenvalue weighted by molar-refractivity contribution is 0.831. The highest BCUT2D eigenvalue weighted by atomic mass is 79.9. The number of aromatic nitrogens is 3. The maximum Gasteiger partial charge on any atom is 0.247 e. The lowest BCUT2D eigenvalue weighted by Gasteiger charge is -2.17. The second-order valence-electron chi connectivity index (χ2n) is 5.57. The molecule has 0 aliphatic heterocycles. The highest BCUT2D eigenvalue weighted by Gasteiger charge is 2.08. The van der Waals surface area contributed by atoms with Gasteiger partial charge in [-0.1, -0.05) is 46.3 Å². The van der Waals surface area contributed by atoms with Crippen LogP contribution >= 0.6 is 15.9 Å². The Bertz CT molecular complexity index is 823. The summed E-state index contributed by atoms with van der Waals surface area (Å²) >= 11 is 3.50. The highest BCUT2D eigenvalue weighted by molar-refractivity contribution is 9.10. The van der Waals surface area contributed by atoms with Crippen LogP contribution in [0.1, 0.15) is 11.1 Å². The number of nitrogens with zero attached hydrogens (tertiary/aromatic N) is 4. The standard InChI is InChI=1S/C18H18BrN5/c1-13-10-15(8-9-16(13)19)21-17-11-20-23-18(22-17)24(2)12-14-6-4-3-5-7-14/h3-11H,12H2,1-2H3,(H,21,22,23). The van der Waals surface area contributed by atoms with E-state index >= 15 is 0 Å². The van der Waals surface area contributed by atoms with Crippen molar-refractivity contribution in [1.29, 1.82) is 0 Å². The first-order valence-corrected chi connectivity index (χ1v) is 8.39. The lowest BCUT2D eigenvalue weighted by Crippen LogP contribution is -2.19.